The number of nitrogens with zero attached hydrogens (tertiary/aromatic N) is 1. The Bertz CT molecular complexity index is 486. The number of anilines is 1. The van der Waals surface area contributed by atoms with E-state index in [1.807, 2.05) is 6.92 Å². The van der Waals surface area contributed by atoms with E-state index in [0.29, 0.717) is 31.4 Å². The number of aliphatic imine (C=N–C) groups is 1. The summed E-state index contributed by atoms with van der Waals surface area (Å²) in [5, 5.41) is 8.45. The maximum Gasteiger partial charge on any atom is 0.243 e. The number of rotatable bonds is 7. The van der Waals surface area contributed by atoms with E-state index in [1.165, 1.54) is 18.2 Å². The van der Waals surface area contributed by atoms with Crippen molar-refractivity contribution >= 4 is 41.5 Å². The number of hydrogen-bond donors (Lipinski definition) is 3. The summed E-state index contributed by atoms with van der Waals surface area (Å²) in [6.45, 7) is 3.77. The van der Waals surface area contributed by atoms with Gasteiger partial charge in [0, 0.05) is 25.9 Å². The molecule has 1 amide bonds. The maximum absolute atomic E-state index is 13.0. The van der Waals surface area contributed by atoms with Gasteiger partial charge in [0.1, 0.15) is 5.82 Å². The molecule has 1 rings (SSSR count). The van der Waals surface area contributed by atoms with Gasteiger partial charge < -0.3 is 20.7 Å². The van der Waals surface area contributed by atoms with Crippen molar-refractivity contribution in [2.75, 3.05) is 38.7 Å². The minimum atomic E-state index is -0.394. The number of nitrogens with one attached hydrogen (secondary N) is 3. The zero-order chi connectivity index (χ0) is 15.5. The van der Waals surface area contributed by atoms with Crippen molar-refractivity contribution in [3.63, 3.8) is 0 Å². The van der Waals surface area contributed by atoms with Crippen LogP contribution < -0.4 is 16.0 Å². The number of benzene rings is 1. The van der Waals surface area contributed by atoms with E-state index in [4.69, 9.17) is 4.74 Å². The molecule has 3 N–H and O–H groups in total. The summed E-state index contributed by atoms with van der Waals surface area (Å²) in [5.74, 6) is -0.174. The van der Waals surface area contributed by atoms with Crippen molar-refractivity contribution in [2.24, 2.45) is 4.99 Å². The predicted octanol–water partition coefficient (Wildman–Crippen LogP) is 1.58. The van der Waals surface area contributed by atoms with Gasteiger partial charge in [0.25, 0.3) is 0 Å². The lowest BCUT2D eigenvalue weighted by molar-refractivity contribution is -0.115. The van der Waals surface area contributed by atoms with Crippen LogP contribution in [0.5, 0.6) is 0 Å². The average molecular weight is 424 g/mol. The van der Waals surface area contributed by atoms with Gasteiger partial charge in [0.15, 0.2) is 5.96 Å². The molecule has 8 heteroatoms. The molecule has 0 unspecified atom stereocenters. The monoisotopic (exact) mass is 424 g/mol. The molecule has 0 heterocycles. The second kappa shape index (κ2) is 12.2. The maximum atomic E-state index is 13.0. The summed E-state index contributed by atoms with van der Waals surface area (Å²) in [7, 11) is 1.61. The van der Waals surface area contributed by atoms with Crippen molar-refractivity contribution in [2.45, 2.75) is 6.92 Å². The smallest absolute Gasteiger partial charge is 0.243 e. The first-order chi connectivity index (χ1) is 10.2. The first-order valence-electron chi connectivity index (χ1n) is 6.73. The van der Waals surface area contributed by atoms with Crippen molar-refractivity contribution in [1.82, 2.24) is 10.6 Å². The highest BCUT2D eigenvalue weighted by atomic mass is 127. The van der Waals surface area contributed by atoms with Gasteiger partial charge in [-0.3, -0.25) is 9.79 Å². The molecular formula is C14H22FIN4O2. The number of halogens is 2. The predicted molar refractivity (Wildman–Crippen MR) is 96.3 cm³/mol. The van der Waals surface area contributed by atoms with Crippen LogP contribution in [0.1, 0.15) is 6.92 Å². The van der Waals surface area contributed by atoms with Crippen LogP contribution in [0.2, 0.25) is 0 Å². The molecule has 0 bridgehead atoms. The summed E-state index contributed by atoms with van der Waals surface area (Å²) >= 11 is 0. The molecule has 0 aromatic heterocycles. The van der Waals surface area contributed by atoms with E-state index in [-0.39, 0.29) is 36.4 Å². The molecular weight excluding hydrogens is 402 g/mol. The Labute approximate surface area is 146 Å². The fourth-order valence-corrected chi connectivity index (χ4v) is 1.54. The highest BCUT2D eigenvalue weighted by Crippen LogP contribution is 2.08. The number of amides is 1. The molecule has 0 aliphatic heterocycles. The van der Waals surface area contributed by atoms with Gasteiger partial charge in [-0.2, -0.15) is 0 Å². The lowest BCUT2D eigenvalue weighted by Gasteiger charge is -2.12. The lowest BCUT2D eigenvalue weighted by Crippen LogP contribution is -2.42. The minimum Gasteiger partial charge on any atom is -0.380 e. The SMILES string of the molecule is CCOCCNC(=NC)NCC(=O)Nc1cccc(F)c1.I. The molecule has 1 aromatic carbocycles. The van der Waals surface area contributed by atoms with Gasteiger partial charge in [-0.25, -0.2) is 4.39 Å². The molecule has 0 aliphatic carbocycles. The van der Waals surface area contributed by atoms with E-state index in [9.17, 15) is 9.18 Å². The van der Waals surface area contributed by atoms with Crippen LogP contribution in [0.15, 0.2) is 29.3 Å². The molecule has 0 aliphatic rings. The second-order valence-corrected chi connectivity index (χ2v) is 4.11. The van der Waals surface area contributed by atoms with E-state index in [1.54, 1.807) is 13.1 Å². The zero-order valence-electron chi connectivity index (χ0n) is 12.7. The Balaban J connectivity index is 0.00000441. The zero-order valence-corrected chi connectivity index (χ0v) is 15.0. The highest BCUT2D eigenvalue weighted by molar-refractivity contribution is 14.0. The van der Waals surface area contributed by atoms with Crippen LogP contribution in [0, 0.1) is 5.82 Å². The lowest BCUT2D eigenvalue weighted by atomic mass is 10.3. The quantitative estimate of drug-likeness (QED) is 0.269. The Kier molecular flexibility index (Phi) is 11.4. The summed E-state index contributed by atoms with van der Waals surface area (Å²) in [6.07, 6.45) is 0. The topological polar surface area (TPSA) is 74.8 Å². The fourth-order valence-electron chi connectivity index (χ4n) is 1.54. The molecule has 0 fully saturated rings. The number of carbonyl (C=O) groups excluding carboxylic acids is 1. The standard InChI is InChI=1S/C14H21FN4O2.HI/c1-3-21-8-7-17-14(16-2)18-10-13(20)19-12-6-4-5-11(15)9-12;/h4-6,9H,3,7-8,10H2,1-2H3,(H,19,20)(H2,16,17,18);1H. The molecule has 22 heavy (non-hydrogen) atoms. The minimum absolute atomic E-state index is 0. The summed E-state index contributed by atoms with van der Waals surface area (Å²) in [6, 6.07) is 5.73. The van der Waals surface area contributed by atoms with Crippen LogP contribution in [-0.4, -0.2) is 45.2 Å². The Morgan fingerprint density at radius 2 is 2.14 bits per heavy atom. The number of ether oxygens (including phenoxy) is 1. The summed E-state index contributed by atoms with van der Waals surface area (Å²) in [4.78, 5) is 15.7. The van der Waals surface area contributed by atoms with Gasteiger partial charge in [0.05, 0.1) is 13.2 Å². The van der Waals surface area contributed by atoms with Crippen molar-refractivity contribution in [1.29, 1.82) is 0 Å². The van der Waals surface area contributed by atoms with Crippen LogP contribution in [0.3, 0.4) is 0 Å². The number of hydrogen-bond acceptors (Lipinski definition) is 3. The molecule has 1 aromatic rings. The molecule has 0 atom stereocenters. The van der Waals surface area contributed by atoms with Gasteiger partial charge in [0.2, 0.25) is 5.91 Å². The van der Waals surface area contributed by atoms with E-state index in [2.05, 4.69) is 20.9 Å². The molecule has 6 nitrogen and oxygen atoms in total. The number of carbonyl (C=O) groups is 1. The normalized spacial score (nSPS) is 10.6. The first-order valence-corrected chi connectivity index (χ1v) is 6.73. The number of guanidine groups is 1. The first kappa shape index (κ1) is 20.6. The van der Waals surface area contributed by atoms with Gasteiger partial charge in [-0.05, 0) is 25.1 Å². The van der Waals surface area contributed by atoms with Crippen molar-refractivity contribution < 1.29 is 13.9 Å². The Hall–Kier alpha value is -1.42. The van der Waals surface area contributed by atoms with Gasteiger partial charge in [-0.15, -0.1) is 24.0 Å². The Morgan fingerprint density at radius 3 is 2.77 bits per heavy atom. The third-order valence-electron chi connectivity index (χ3n) is 2.49. The summed E-state index contributed by atoms with van der Waals surface area (Å²) < 4.78 is 18.2. The highest BCUT2D eigenvalue weighted by Gasteiger charge is 2.04. The van der Waals surface area contributed by atoms with Crippen LogP contribution in [0.4, 0.5) is 10.1 Å². The van der Waals surface area contributed by atoms with Crippen molar-refractivity contribution in [3.8, 4) is 0 Å². The van der Waals surface area contributed by atoms with E-state index >= 15 is 0 Å². The van der Waals surface area contributed by atoms with Gasteiger partial charge >= 0.3 is 0 Å². The molecule has 124 valence electrons. The third kappa shape index (κ3) is 8.78. The molecule has 0 radical (unpaired) electrons. The van der Waals surface area contributed by atoms with Crippen LogP contribution in [-0.2, 0) is 9.53 Å². The fraction of sp³-hybridized carbons (Fsp3) is 0.429. The van der Waals surface area contributed by atoms with Gasteiger partial charge in [-0.1, -0.05) is 6.07 Å². The van der Waals surface area contributed by atoms with Crippen LogP contribution in [0.25, 0.3) is 0 Å². The van der Waals surface area contributed by atoms with E-state index < -0.39 is 5.82 Å². The summed E-state index contributed by atoms with van der Waals surface area (Å²) in [5.41, 5.74) is 0.418. The average Bonchev–Trinajstić information content (AvgIpc) is 2.46. The molecule has 0 saturated carbocycles. The van der Waals surface area contributed by atoms with Crippen LogP contribution >= 0.6 is 24.0 Å². The molecule has 0 spiro atoms. The van der Waals surface area contributed by atoms with E-state index in [0.717, 1.165) is 0 Å². The second-order valence-electron chi connectivity index (χ2n) is 4.11. The molecule has 0 saturated heterocycles. The Morgan fingerprint density at radius 1 is 1.36 bits per heavy atom. The van der Waals surface area contributed by atoms with Crippen molar-refractivity contribution in [3.05, 3.63) is 30.1 Å². The third-order valence-corrected chi connectivity index (χ3v) is 2.49. The largest absolute Gasteiger partial charge is 0.380 e.